The van der Waals surface area contributed by atoms with Gasteiger partial charge in [0.25, 0.3) is 0 Å². The van der Waals surface area contributed by atoms with Gasteiger partial charge in [0.1, 0.15) is 6.04 Å². The Morgan fingerprint density at radius 2 is 1.81 bits per heavy atom. The average Bonchev–Trinajstić information content (AvgIpc) is 2.95. The van der Waals surface area contributed by atoms with Gasteiger partial charge in [-0.2, -0.15) is 0 Å². The van der Waals surface area contributed by atoms with Crippen LogP contribution in [0.4, 0.5) is 0 Å². The minimum Gasteiger partial charge on any atom is -0.341 e. The average molecular weight is 389 g/mol. The van der Waals surface area contributed by atoms with Crippen molar-refractivity contribution in [2.75, 3.05) is 6.54 Å². The van der Waals surface area contributed by atoms with Gasteiger partial charge in [-0.25, -0.2) is 0 Å². The number of hydrogen-bond donors (Lipinski definition) is 1. The van der Waals surface area contributed by atoms with E-state index in [1.165, 1.54) is 6.08 Å². The van der Waals surface area contributed by atoms with Crippen LogP contribution in [0.25, 0.3) is 6.08 Å². The van der Waals surface area contributed by atoms with Gasteiger partial charge in [-0.15, -0.1) is 0 Å². The van der Waals surface area contributed by atoms with Crippen LogP contribution >= 0.6 is 23.2 Å². The maximum Gasteiger partial charge on any atom is 0.245 e. The van der Waals surface area contributed by atoms with Crippen LogP contribution in [0.5, 0.6) is 0 Å². The van der Waals surface area contributed by atoms with E-state index in [1.807, 2.05) is 30.3 Å². The van der Waals surface area contributed by atoms with Gasteiger partial charge in [0.15, 0.2) is 0 Å². The van der Waals surface area contributed by atoms with E-state index in [2.05, 4.69) is 5.32 Å². The normalized spacial score (nSPS) is 17.1. The second-order valence-corrected chi connectivity index (χ2v) is 6.88. The maximum absolute atomic E-state index is 12.5. The molecule has 0 aliphatic carbocycles. The molecule has 0 radical (unpaired) electrons. The number of benzene rings is 2. The molecular formula is C20H18Cl2N2O2. The van der Waals surface area contributed by atoms with Gasteiger partial charge in [-0.3, -0.25) is 9.59 Å². The molecule has 0 aromatic heterocycles. The molecule has 2 aromatic rings. The van der Waals surface area contributed by atoms with Crippen LogP contribution in [-0.2, 0) is 16.1 Å². The van der Waals surface area contributed by atoms with Gasteiger partial charge in [0, 0.05) is 34.8 Å². The van der Waals surface area contributed by atoms with Crippen LogP contribution in [-0.4, -0.2) is 29.3 Å². The molecule has 134 valence electrons. The Bertz CT molecular complexity index is 817. The van der Waals surface area contributed by atoms with Crippen molar-refractivity contribution in [1.29, 1.82) is 0 Å². The first-order chi connectivity index (χ1) is 12.5. The number of amides is 2. The summed E-state index contributed by atoms with van der Waals surface area (Å²) in [5.41, 5.74) is 1.65. The Hall–Kier alpha value is -2.30. The van der Waals surface area contributed by atoms with Crippen molar-refractivity contribution in [1.82, 2.24) is 10.2 Å². The monoisotopic (exact) mass is 388 g/mol. The number of carbonyl (C=O) groups is 2. The molecule has 3 rings (SSSR count). The molecule has 1 aliphatic heterocycles. The molecule has 2 aromatic carbocycles. The molecule has 1 unspecified atom stereocenters. The standard InChI is InChI=1S/C20H18Cl2N2O2/c21-16-7-4-8-17(22)15(16)9-10-19(25)23-18-11-12-24(20(18)26)13-14-5-2-1-3-6-14/h1-10,18H,11-13H2,(H,23,25)/b10-9+. The molecule has 26 heavy (non-hydrogen) atoms. The zero-order valence-electron chi connectivity index (χ0n) is 14.0. The lowest BCUT2D eigenvalue weighted by Gasteiger charge is -2.17. The van der Waals surface area contributed by atoms with Crippen LogP contribution in [0.3, 0.4) is 0 Å². The van der Waals surface area contributed by atoms with Gasteiger partial charge in [0.2, 0.25) is 11.8 Å². The molecule has 0 spiro atoms. The SMILES string of the molecule is O=C(/C=C/c1c(Cl)cccc1Cl)NC1CCN(Cc2ccccc2)C1=O. The van der Waals surface area contributed by atoms with Crippen molar-refractivity contribution in [3.05, 3.63) is 75.8 Å². The van der Waals surface area contributed by atoms with Crippen molar-refractivity contribution in [2.24, 2.45) is 0 Å². The van der Waals surface area contributed by atoms with Crippen molar-refractivity contribution < 1.29 is 9.59 Å². The third-order valence-corrected chi connectivity index (χ3v) is 4.89. The lowest BCUT2D eigenvalue weighted by Crippen LogP contribution is -2.40. The van der Waals surface area contributed by atoms with E-state index >= 15 is 0 Å². The van der Waals surface area contributed by atoms with Gasteiger partial charge < -0.3 is 10.2 Å². The van der Waals surface area contributed by atoms with Crippen molar-refractivity contribution in [3.8, 4) is 0 Å². The molecule has 4 nitrogen and oxygen atoms in total. The summed E-state index contributed by atoms with van der Waals surface area (Å²) in [5.74, 6) is -0.410. The third-order valence-electron chi connectivity index (χ3n) is 4.23. The third kappa shape index (κ3) is 4.45. The lowest BCUT2D eigenvalue weighted by molar-refractivity contribution is -0.132. The number of nitrogens with zero attached hydrogens (tertiary/aromatic N) is 1. The number of rotatable bonds is 5. The Kier molecular flexibility index (Phi) is 5.96. The predicted octanol–water partition coefficient (Wildman–Crippen LogP) is 3.92. The largest absolute Gasteiger partial charge is 0.341 e. The number of likely N-dealkylation sites (tertiary alicyclic amines) is 1. The number of carbonyl (C=O) groups excluding carboxylic acids is 2. The summed E-state index contributed by atoms with van der Waals surface area (Å²) in [4.78, 5) is 26.4. The molecule has 6 heteroatoms. The van der Waals surface area contributed by atoms with Crippen LogP contribution in [0.2, 0.25) is 10.0 Å². The van der Waals surface area contributed by atoms with Crippen LogP contribution in [0.15, 0.2) is 54.6 Å². The van der Waals surface area contributed by atoms with E-state index in [0.29, 0.717) is 35.1 Å². The Labute approximate surface area is 162 Å². The smallest absolute Gasteiger partial charge is 0.245 e. The summed E-state index contributed by atoms with van der Waals surface area (Å²) in [6, 6.07) is 14.4. The molecule has 0 bridgehead atoms. The molecule has 1 atom stereocenters. The van der Waals surface area contributed by atoms with Gasteiger partial charge in [-0.05, 0) is 30.2 Å². The van der Waals surface area contributed by atoms with Gasteiger partial charge in [-0.1, -0.05) is 59.6 Å². The minimum absolute atomic E-state index is 0.0635. The summed E-state index contributed by atoms with van der Waals surface area (Å²) in [5, 5.41) is 3.68. The highest BCUT2D eigenvalue weighted by Gasteiger charge is 2.32. The van der Waals surface area contributed by atoms with Crippen molar-refractivity contribution >= 4 is 41.1 Å². The fourth-order valence-electron chi connectivity index (χ4n) is 2.88. The highest BCUT2D eigenvalue weighted by molar-refractivity contribution is 6.37. The molecule has 1 N–H and O–H groups in total. The molecule has 0 saturated carbocycles. The van der Waals surface area contributed by atoms with E-state index in [-0.39, 0.29) is 11.8 Å². The molecular weight excluding hydrogens is 371 g/mol. The zero-order chi connectivity index (χ0) is 18.5. The Balaban J connectivity index is 1.58. The second-order valence-electron chi connectivity index (χ2n) is 6.06. The van der Waals surface area contributed by atoms with Crippen LogP contribution < -0.4 is 5.32 Å². The van der Waals surface area contributed by atoms with Crippen molar-refractivity contribution in [2.45, 2.75) is 19.0 Å². The summed E-state index contributed by atoms with van der Waals surface area (Å²) in [7, 11) is 0. The van der Waals surface area contributed by atoms with E-state index < -0.39 is 6.04 Å². The molecule has 1 heterocycles. The quantitative estimate of drug-likeness (QED) is 0.788. The highest BCUT2D eigenvalue weighted by Crippen LogP contribution is 2.25. The van der Waals surface area contributed by atoms with Crippen molar-refractivity contribution in [3.63, 3.8) is 0 Å². The molecule has 1 saturated heterocycles. The summed E-state index contributed by atoms with van der Waals surface area (Å²) in [6.07, 6.45) is 3.50. The fourth-order valence-corrected chi connectivity index (χ4v) is 3.41. The first-order valence-electron chi connectivity index (χ1n) is 8.30. The minimum atomic E-state index is -0.502. The van der Waals surface area contributed by atoms with Gasteiger partial charge in [0.05, 0.1) is 0 Å². The van der Waals surface area contributed by atoms with E-state index in [9.17, 15) is 9.59 Å². The second kappa shape index (κ2) is 8.39. The topological polar surface area (TPSA) is 49.4 Å². The maximum atomic E-state index is 12.5. The van der Waals surface area contributed by atoms with E-state index in [1.54, 1.807) is 29.2 Å². The Morgan fingerprint density at radius 3 is 2.50 bits per heavy atom. The first-order valence-corrected chi connectivity index (χ1v) is 9.05. The lowest BCUT2D eigenvalue weighted by atomic mass is 10.2. The zero-order valence-corrected chi connectivity index (χ0v) is 15.5. The van der Waals surface area contributed by atoms with E-state index in [4.69, 9.17) is 23.2 Å². The number of hydrogen-bond acceptors (Lipinski definition) is 2. The number of nitrogens with one attached hydrogen (secondary N) is 1. The van der Waals surface area contributed by atoms with Crippen LogP contribution in [0, 0.1) is 0 Å². The highest BCUT2D eigenvalue weighted by atomic mass is 35.5. The van der Waals surface area contributed by atoms with E-state index in [0.717, 1.165) is 5.56 Å². The van der Waals surface area contributed by atoms with Crippen LogP contribution in [0.1, 0.15) is 17.5 Å². The summed E-state index contributed by atoms with van der Waals surface area (Å²) >= 11 is 12.1. The summed E-state index contributed by atoms with van der Waals surface area (Å²) < 4.78 is 0. The molecule has 1 aliphatic rings. The fraction of sp³-hybridized carbons (Fsp3) is 0.200. The molecule has 2 amide bonds. The number of halogens is 2. The first kappa shape index (κ1) is 18.5. The Morgan fingerprint density at radius 1 is 1.12 bits per heavy atom. The summed E-state index contributed by atoms with van der Waals surface area (Å²) in [6.45, 7) is 1.18. The molecule has 1 fully saturated rings. The predicted molar refractivity (Wildman–Crippen MR) is 104 cm³/mol. The van der Waals surface area contributed by atoms with Gasteiger partial charge >= 0.3 is 0 Å².